The van der Waals surface area contributed by atoms with Gasteiger partial charge in [0, 0.05) is 29.1 Å². The molecular weight excluding hydrogens is 378 g/mol. The molecule has 1 aliphatic heterocycles. The summed E-state index contributed by atoms with van der Waals surface area (Å²) in [6.07, 6.45) is 7.46. The van der Waals surface area contributed by atoms with Gasteiger partial charge in [-0.05, 0) is 68.7 Å². The highest BCUT2D eigenvalue weighted by Gasteiger charge is 2.44. The average Bonchev–Trinajstić information content (AvgIpc) is 3.05. The summed E-state index contributed by atoms with van der Waals surface area (Å²) in [4.78, 5) is 26.3. The van der Waals surface area contributed by atoms with Gasteiger partial charge in [-0.3, -0.25) is 4.79 Å². The van der Waals surface area contributed by atoms with Gasteiger partial charge in [0.15, 0.2) is 0 Å². The zero-order valence-corrected chi connectivity index (χ0v) is 17.2. The third-order valence-corrected chi connectivity index (χ3v) is 6.51. The molecule has 0 radical (unpaired) electrons. The van der Waals surface area contributed by atoms with E-state index in [-0.39, 0.29) is 23.5 Å². The molecule has 1 unspecified atom stereocenters. The molecule has 1 atom stereocenters. The molecule has 3 rings (SSSR count). The van der Waals surface area contributed by atoms with Gasteiger partial charge in [-0.1, -0.05) is 23.7 Å². The number of halogens is 1. The highest BCUT2D eigenvalue weighted by Crippen LogP contribution is 2.38. The minimum atomic E-state index is -0.416. The molecule has 152 valence electrons. The predicted octanol–water partition coefficient (Wildman–Crippen LogP) is 3.61. The Hall–Kier alpha value is -1.85. The summed E-state index contributed by atoms with van der Waals surface area (Å²) >= 11 is 6.43. The number of aliphatic hydroxyl groups is 1. The van der Waals surface area contributed by atoms with Crippen molar-refractivity contribution in [2.45, 2.75) is 57.1 Å². The first kappa shape index (κ1) is 20.9. The molecule has 1 saturated heterocycles. The van der Waals surface area contributed by atoms with Crippen LogP contribution in [0.4, 0.5) is 0 Å². The molecule has 1 saturated carbocycles. The zero-order chi connectivity index (χ0) is 20.3. The van der Waals surface area contributed by atoms with E-state index in [1.165, 1.54) is 13.2 Å². The van der Waals surface area contributed by atoms with Crippen molar-refractivity contribution in [1.82, 2.24) is 4.90 Å². The maximum Gasteiger partial charge on any atom is 0.330 e. The normalized spacial score (nSPS) is 28.1. The fourth-order valence-electron chi connectivity index (χ4n) is 4.29. The minimum Gasteiger partial charge on any atom is -0.466 e. The molecule has 1 aliphatic carbocycles. The van der Waals surface area contributed by atoms with Crippen LogP contribution in [0.15, 0.2) is 24.3 Å². The molecule has 0 spiro atoms. The number of hydrogen-bond donors (Lipinski definition) is 1. The van der Waals surface area contributed by atoms with Gasteiger partial charge < -0.3 is 14.7 Å². The highest BCUT2D eigenvalue weighted by molar-refractivity contribution is 6.31. The Morgan fingerprint density at radius 2 is 2.07 bits per heavy atom. The molecule has 6 heteroatoms. The van der Waals surface area contributed by atoms with E-state index in [4.69, 9.17) is 11.6 Å². The first-order chi connectivity index (χ1) is 13.3. The summed E-state index contributed by atoms with van der Waals surface area (Å²) < 4.78 is 4.59. The number of ether oxygens (including phenoxy) is 1. The van der Waals surface area contributed by atoms with Gasteiger partial charge >= 0.3 is 5.97 Å². The van der Waals surface area contributed by atoms with Crippen molar-refractivity contribution in [2.24, 2.45) is 5.92 Å². The highest BCUT2D eigenvalue weighted by atomic mass is 35.5. The monoisotopic (exact) mass is 405 g/mol. The lowest BCUT2D eigenvalue weighted by atomic mass is 9.80. The minimum absolute atomic E-state index is 0.0577. The Morgan fingerprint density at radius 1 is 1.36 bits per heavy atom. The Balaban J connectivity index is 1.65. The molecule has 1 amide bonds. The average molecular weight is 406 g/mol. The van der Waals surface area contributed by atoms with Crippen LogP contribution in [0.2, 0.25) is 5.02 Å². The van der Waals surface area contributed by atoms with Crippen LogP contribution >= 0.6 is 11.6 Å². The summed E-state index contributed by atoms with van der Waals surface area (Å²) in [7, 11) is 1.33. The van der Waals surface area contributed by atoms with Crippen LogP contribution in [0.3, 0.4) is 0 Å². The third-order valence-electron chi connectivity index (χ3n) is 6.16. The van der Waals surface area contributed by atoms with E-state index in [0.717, 1.165) is 49.8 Å². The van der Waals surface area contributed by atoms with Crippen molar-refractivity contribution in [3.05, 3.63) is 40.4 Å². The summed E-state index contributed by atoms with van der Waals surface area (Å²) in [5.41, 5.74) is 1.62. The number of likely N-dealkylation sites (tertiary alicyclic amines) is 1. The quantitative estimate of drug-likeness (QED) is 0.600. The Morgan fingerprint density at radius 3 is 2.71 bits per heavy atom. The predicted molar refractivity (Wildman–Crippen MR) is 109 cm³/mol. The van der Waals surface area contributed by atoms with Crippen molar-refractivity contribution < 1.29 is 19.4 Å². The van der Waals surface area contributed by atoms with Gasteiger partial charge in [-0.25, -0.2) is 4.79 Å². The summed E-state index contributed by atoms with van der Waals surface area (Å²) in [5, 5.41) is 10.4. The summed E-state index contributed by atoms with van der Waals surface area (Å²) in [6, 6.07) is 5.62. The lowest BCUT2D eigenvalue weighted by Gasteiger charge is -2.43. The number of carbonyl (C=O) groups is 2. The number of rotatable bonds is 5. The van der Waals surface area contributed by atoms with Crippen LogP contribution in [0.1, 0.15) is 50.2 Å². The molecule has 5 nitrogen and oxygen atoms in total. The molecule has 1 aromatic carbocycles. The number of methoxy groups -OCH3 is 1. The van der Waals surface area contributed by atoms with Crippen LogP contribution in [0.5, 0.6) is 0 Å². The van der Waals surface area contributed by atoms with E-state index in [9.17, 15) is 14.7 Å². The topological polar surface area (TPSA) is 66.8 Å². The largest absolute Gasteiger partial charge is 0.466 e. The van der Waals surface area contributed by atoms with Gasteiger partial charge in [-0.15, -0.1) is 0 Å². The molecule has 0 bridgehead atoms. The number of nitrogens with zero attached hydrogens (tertiary/aromatic N) is 1. The fourth-order valence-corrected chi connectivity index (χ4v) is 4.56. The number of amides is 1. The van der Waals surface area contributed by atoms with Crippen molar-refractivity contribution in [1.29, 1.82) is 0 Å². The van der Waals surface area contributed by atoms with E-state index in [0.29, 0.717) is 11.4 Å². The number of carbonyl (C=O) groups excluding carboxylic acids is 2. The van der Waals surface area contributed by atoms with E-state index in [2.05, 4.69) is 11.7 Å². The summed E-state index contributed by atoms with van der Waals surface area (Å²) in [5.74, 6) is -0.275. The first-order valence-electron chi connectivity index (χ1n) is 9.86. The van der Waals surface area contributed by atoms with E-state index >= 15 is 0 Å². The second kappa shape index (κ2) is 8.66. The van der Waals surface area contributed by atoms with Gasteiger partial charge in [0.1, 0.15) is 0 Å². The molecule has 1 heterocycles. The lowest BCUT2D eigenvalue weighted by molar-refractivity contribution is -0.138. The van der Waals surface area contributed by atoms with Gasteiger partial charge in [0.25, 0.3) is 0 Å². The molecule has 2 fully saturated rings. The van der Waals surface area contributed by atoms with Crippen LogP contribution in [-0.4, -0.2) is 47.2 Å². The Labute approximate surface area is 171 Å². The third kappa shape index (κ3) is 4.58. The molecule has 1 aromatic rings. The molecule has 28 heavy (non-hydrogen) atoms. The van der Waals surface area contributed by atoms with E-state index < -0.39 is 5.97 Å². The molecule has 2 aliphatic rings. The van der Waals surface area contributed by atoms with Gasteiger partial charge in [0.05, 0.1) is 13.2 Å². The lowest BCUT2D eigenvalue weighted by Crippen LogP contribution is -2.50. The van der Waals surface area contributed by atoms with Crippen molar-refractivity contribution in [2.75, 3.05) is 13.7 Å². The number of aliphatic hydroxyl groups excluding tert-OH is 1. The standard InChI is InChI=1S/C22H28ClNO4/c1-22(10-7-18(25)8-11-22)24-12-9-17(21(24)27)14-16-5-3-15(13-19(16)23)4-6-20(26)28-2/h3-6,13,17-18,25H,7-12,14H2,1-2H3/b6-4+. The van der Waals surface area contributed by atoms with E-state index in [1.807, 2.05) is 17.0 Å². The van der Waals surface area contributed by atoms with Crippen LogP contribution in [0.25, 0.3) is 6.08 Å². The number of hydrogen-bond acceptors (Lipinski definition) is 4. The maximum atomic E-state index is 13.0. The number of esters is 1. The van der Waals surface area contributed by atoms with Gasteiger partial charge in [0.2, 0.25) is 5.91 Å². The molecular formula is C22H28ClNO4. The van der Waals surface area contributed by atoms with Crippen LogP contribution in [-0.2, 0) is 20.7 Å². The Kier molecular flexibility index (Phi) is 6.46. The fraction of sp³-hybridized carbons (Fsp3) is 0.545. The number of benzene rings is 1. The van der Waals surface area contributed by atoms with Crippen molar-refractivity contribution in [3.8, 4) is 0 Å². The SMILES string of the molecule is COC(=O)/C=C/c1ccc(CC2CCN(C3(C)CCC(O)CC3)C2=O)c(Cl)c1. The van der Waals surface area contributed by atoms with Crippen molar-refractivity contribution in [3.63, 3.8) is 0 Å². The second-order valence-electron chi connectivity index (χ2n) is 8.12. The maximum absolute atomic E-state index is 13.0. The van der Waals surface area contributed by atoms with Crippen LogP contribution in [0, 0.1) is 5.92 Å². The first-order valence-corrected chi connectivity index (χ1v) is 10.2. The smallest absolute Gasteiger partial charge is 0.330 e. The molecule has 0 aromatic heterocycles. The zero-order valence-electron chi connectivity index (χ0n) is 16.5. The summed E-state index contributed by atoms with van der Waals surface area (Å²) in [6.45, 7) is 2.92. The second-order valence-corrected chi connectivity index (χ2v) is 8.52. The van der Waals surface area contributed by atoms with Crippen LogP contribution < -0.4 is 0 Å². The van der Waals surface area contributed by atoms with Gasteiger partial charge in [-0.2, -0.15) is 0 Å². The molecule has 1 N–H and O–H groups in total. The van der Waals surface area contributed by atoms with E-state index in [1.54, 1.807) is 12.1 Å². The van der Waals surface area contributed by atoms with Crippen molar-refractivity contribution >= 4 is 29.6 Å². The Bertz CT molecular complexity index is 768.